The first-order chi connectivity index (χ1) is 5.83. The zero-order valence-corrected chi connectivity index (χ0v) is 9.43. The van der Waals surface area contributed by atoms with Crippen molar-refractivity contribution in [2.75, 3.05) is 0 Å². The van der Waals surface area contributed by atoms with Crippen molar-refractivity contribution in [2.24, 2.45) is 5.90 Å². The van der Waals surface area contributed by atoms with Crippen LogP contribution in [0, 0.1) is 0 Å². The van der Waals surface area contributed by atoms with Gasteiger partial charge in [-0.25, -0.2) is 10.5 Å². The van der Waals surface area contributed by atoms with Crippen molar-refractivity contribution in [2.45, 2.75) is 0 Å². The molecule has 1 atom stereocenters. The fraction of sp³-hybridized carbons (Fsp3) is 0. The molecule has 0 saturated heterocycles. The van der Waals surface area contributed by atoms with Crippen molar-refractivity contribution in [1.29, 1.82) is 0 Å². The van der Waals surface area contributed by atoms with E-state index < -0.39 is 8.60 Å². The number of rotatable bonds is 4. The predicted octanol–water partition coefficient (Wildman–Crippen LogP) is 1.95. The summed E-state index contributed by atoms with van der Waals surface area (Å²) in [7, 11) is -2.15. The minimum Gasteiger partial charge on any atom is -0.329 e. The van der Waals surface area contributed by atoms with Crippen LogP contribution in [0.25, 0.3) is 0 Å². The molecule has 0 heterocycles. The van der Waals surface area contributed by atoms with Gasteiger partial charge in [0.25, 0.3) is 0 Å². The lowest BCUT2D eigenvalue weighted by molar-refractivity contribution is -0.113. The molecule has 1 aromatic carbocycles. The van der Waals surface area contributed by atoms with Gasteiger partial charge in [-0.1, -0.05) is 18.2 Å². The lowest BCUT2D eigenvalue weighted by Gasteiger charge is -2.05. The first kappa shape index (κ1) is 16.3. The summed E-state index contributed by atoms with van der Waals surface area (Å²) in [4.78, 5) is 13.3. The Labute approximate surface area is 94.9 Å². The smallest absolute Gasteiger partial charge is 0.329 e. The van der Waals surface area contributed by atoms with E-state index >= 15 is 0 Å². The third-order valence-electron chi connectivity index (χ3n) is 1.03. The number of hydrogen-bond acceptors (Lipinski definition) is 5. The summed E-state index contributed by atoms with van der Waals surface area (Å²) < 4.78 is 8.30. The van der Waals surface area contributed by atoms with E-state index in [9.17, 15) is 0 Å². The molecule has 0 spiro atoms. The second kappa shape index (κ2) is 9.43. The van der Waals surface area contributed by atoms with E-state index in [1.165, 1.54) is 0 Å². The van der Waals surface area contributed by atoms with E-state index in [1.54, 1.807) is 24.3 Å². The van der Waals surface area contributed by atoms with Crippen LogP contribution in [0.15, 0.2) is 30.3 Å². The third kappa shape index (κ3) is 6.34. The molecule has 0 bridgehead atoms. The van der Waals surface area contributed by atoms with Crippen molar-refractivity contribution >= 4 is 33.4 Å². The quantitative estimate of drug-likeness (QED) is 0.492. The standard InChI is InChI=1S/C6H8NO4P.2ClH/c7-10-12(8)11-9-6-4-2-1-3-5-6;;/h1-5,8H,7H2;2*1H. The zero-order chi connectivity index (χ0) is 8.81. The number of nitrogens with two attached hydrogens (primary N) is 1. The molecular weight excluding hydrogens is 252 g/mol. The SMILES string of the molecule is Cl.Cl.NOP(O)OOc1ccccc1. The van der Waals surface area contributed by atoms with E-state index in [2.05, 4.69) is 20.1 Å². The van der Waals surface area contributed by atoms with Gasteiger partial charge in [0.2, 0.25) is 0 Å². The monoisotopic (exact) mass is 261 g/mol. The van der Waals surface area contributed by atoms with Crippen LogP contribution >= 0.6 is 33.4 Å². The van der Waals surface area contributed by atoms with Gasteiger partial charge in [0, 0.05) is 0 Å². The molecule has 0 aliphatic rings. The molecule has 1 unspecified atom stereocenters. The average molecular weight is 262 g/mol. The van der Waals surface area contributed by atoms with E-state index in [1.807, 2.05) is 6.07 Å². The van der Waals surface area contributed by atoms with E-state index in [-0.39, 0.29) is 24.8 Å². The Hall–Kier alpha value is -0.130. The van der Waals surface area contributed by atoms with Crippen LogP contribution in [0.4, 0.5) is 0 Å². The highest BCUT2D eigenvalue weighted by Gasteiger charge is 2.05. The van der Waals surface area contributed by atoms with Crippen LogP contribution in [0.5, 0.6) is 5.75 Å². The molecule has 82 valence electrons. The van der Waals surface area contributed by atoms with E-state index in [0.29, 0.717) is 5.75 Å². The molecule has 1 aromatic rings. The average Bonchev–Trinajstić information content (AvgIpc) is 2.16. The fourth-order valence-electron chi connectivity index (χ4n) is 0.569. The molecule has 0 amide bonds. The van der Waals surface area contributed by atoms with Crippen molar-refractivity contribution in [3.63, 3.8) is 0 Å². The van der Waals surface area contributed by atoms with Gasteiger partial charge in [0.05, 0.1) is 0 Å². The molecular formula is C6H10Cl2NO4P. The van der Waals surface area contributed by atoms with Gasteiger partial charge in [-0.3, -0.25) is 0 Å². The van der Waals surface area contributed by atoms with Crippen LogP contribution in [-0.4, -0.2) is 4.89 Å². The maximum absolute atomic E-state index is 8.69. The van der Waals surface area contributed by atoms with Crippen LogP contribution in [-0.2, 0) is 9.30 Å². The van der Waals surface area contributed by atoms with Crippen LogP contribution in [0.1, 0.15) is 0 Å². The van der Waals surface area contributed by atoms with Gasteiger partial charge in [-0.15, -0.1) is 29.5 Å². The molecule has 5 nitrogen and oxygen atoms in total. The largest absolute Gasteiger partial charge is 0.390 e. The van der Waals surface area contributed by atoms with Crippen molar-refractivity contribution in [3.05, 3.63) is 30.3 Å². The zero-order valence-electron chi connectivity index (χ0n) is 6.90. The first-order valence-corrected chi connectivity index (χ1v) is 4.21. The summed E-state index contributed by atoms with van der Waals surface area (Å²) in [5.74, 6) is 5.08. The van der Waals surface area contributed by atoms with Crippen LogP contribution < -0.4 is 10.8 Å². The lowest BCUT2D eigenvalue weighted by atomic mass is 10.3. The minimum absolute atomic E-state index is 0. The first-order valence-electron chi connectivity index (χ1n) is 3.08. The van der Waals surface area contributed by atoms with Gasteiger partial charge >= 0.3 is 8.60 Å². The topological polar surface area (TPSA) is 73.9 Å². The van der Waals surface area contributed by atoms with Gasteiger partial charge in [-0.2, -0.15) is 0 Å². The van der Waals surface area contributed by atoms with Crippen LogP contribution in [0.3, 0.4) is 0 Å². The number of hydrogen-bond donors (Lipinski definition) is 2. The Morgan fingerprint density at radius 1 is 1.14 bits per heavy atom. The molecule has 0 aromatic heterocycles. The molecule has 8 heteroatoms. The van der Waals surface area contributed by atoms with Gasteiger partial charge < -0.3 is 9.78 Å². The third-order valence-corrected chi connectivity index (χ3v) is 1.41. The Kier molecular flexibility index (Phi) is 11.0. The van der Waals surface area contributed by atoms with Gasteiger partial charge in [-0.05, 0) is 12.1 Å². The van der Waals surface area contributed by atoms with Crippen molar-refractivity contribution in [3.8, 4) is 5.75 Å². The highest BCUT2D eigenvalue weighted by Crippen LogP contribution is 2.30. The normalized spacial score (nSPS) is 10.7. The Balaban J connectivity index is 0. The summed E-state index contributed by atoms with van der Waals surface area (Å²) in [6.45, 7) is 0. The molecule has 3 N–H and O–H groups in total. The molecule has 0 aliphatic heterocycles. The van der Waals surface area contributed by atoms with Crippen LogP contribution in [0.2, 0.25) is 0 Å². The number of halogens is 2. The summed E-state index contributed by atoms with van der Waals surface area (Å²) in [6, 6.07) is 8.69. The second-order valence-corrected chi connectivity index (χ2v) is 2.65. The Morgan fingerprint density at radius 2 is 1.71 bits per heavy atom. The Morgan fingerprint density at radius 3 is 2.21 bits per heavy atom. The minimum atomic E-state index is -2.15. The van der Waals surface area contributed by atoms with Crippen molar-refractivity contribution in [1.82, 2.24) is 0 Å². The van der Waals surface area contributed by atoms with Gasteiger partial charge in [0.1, 0.15) is 0 Å². The summed E-state index contributed by atoms with van der Waals surface area (Å²) in [5.41, 5.74) is 0. The van der Waals surface area contributed by atoms with Crippen molar-refractivity contribution < 1.29 is 19.1 Å². The fourth-order valence-corrected chi connectivity index (χ4v) is 0.753. The molecule has 0 aliphatic carbocycles. The van der Waals surface area contributed by atoms with E-state index in [4.69, 9.17) is 4.89 Å². The summed E-state index contributed by atoms with van der Waals surface area (Å²) >= 11 is 0. The number of para-hydroxylation sites is 1. The molecule has 0 saturated carbocycles. The maximum atomic E-state index is 8.69. The molecule has 0 fully saturated rings. The maximum Gasteiger partial charge on any atom is 0.390 e. The Bertz CT molecular complexity index is 228. The molecule has 0 radical (unpaired) electrons. The second-order valence-electron chi connectivity index (χ2n) is 1.81. The molecule has 1 rings (SSSR count). The molecule has 14 heavy (non-hydrogen) atoms. The lowest BCUT2D eigenvalue weighted by Crippen LogP contribution is -1.98. The van der Waals surface area contributed by atoms with Gasteiger partial charge in [0.15, 0.2) is 5.75 Å². The number of benzene rings is 1. The highest BCUT2D eigenvalue weighted by molar-refractivity contribution is 7.40. The summed E-state index contributed by atoms with van der Waals surface area (Å²) in [5, 5.41) is 0. The highest BCUT2D eigenvalue weighted by atomic mass is 35.5. The predicted molar refractivity (Wildman–Crippen MR) is 57.1 cm³/mol. The van der Waals surface area contributed by atoms with E-state index in [0.717, 1.165) is 0 Å². The summed E-state index contributed by atoms with van der Waals surface area (Å²) in [6.07, 6.45) is 0.